The van der Waals surface area contributed by atoms with E-state index in [4.69, 9.17) is 4.74 Å². The zero-order valence-corrected chi connectivity index (χ0v) is 16.6. The third-order valence-corrected chi connectivity index (χ3v) is 3.76. The second-order valence-corrected chi connectivity index (χ2v) is 5.50. The van der Waals surface area contributed by atoms with E-state index in [0.717, 1.165) is 37.5 Å². The second-order valence-electron chi connectivity index (χ2n) is 5.50. The minimum Gasteiger partial charge on any atom is -0.376 e. The van der Waals surface area contributed by atoms with Gasteiger partial charge in [-0.3, -0.25) is 9.79 Å². The molecule has 1 aromatic rings. The van der Waals surface area contributed by atoms with Crippen molar-refractivity contribution in [2.75, 3.05) is 26.7 Å². The van der Waals surface area contributed by atoms with Gasteiger partial charge in [-0.15, -0.1) is 24.0 Å². The zero-order chi connectivity index (χ0) is 16.5. The molecular formula is C17H27IN4O2. The normalized spacial score (nSPS) is 17.1. The molecule has 1 unspecified atom stereocenters. The van der Waals surface area contributed by atoms with Crippen LogP contribution in [0.25, 0.3) is 0 Å². The number of carbonyl (C=O) groups is 1. The smallest absolute Gasteiger partial charge is 0.251 e. The Balaban J connectivity index is 0.00000288. The van der Waals surface area contributed by atoms with Gasteiger partial charge in [0.1, 0.15) is 0 Å². The van der Waals surface area contributed by atoms with Crippen molar-refractivity contribution in [1.82, 2.24) is 16.0 Å². The molecule has 24 heavy (non-hydrogen) atoms. The van der Waals surface area contributed by atoms with Crippen LogP contribution in [0.4, 0.5) is 0 Å². The van der Waals surface area contributed by atoms with Gasteiger partial charge in [-0.2, -0.15) is 0 Å². The number of halogens is 1. The molecule has 1 aliphatic heterocycles. The van der Waals surface area contributed by atoms with E-state index in [0.29, 0.717) is 18.7 Å². The van der Waals surface area contributed by atoms with Crippen molar-refractivity contribution in [2.24, 2.45) is 4.99 Å². The summed E-state index contributed by atoms with van der Waals surface area (Å²) in [4.78, 5) is 15.9. The Bertz CT molecular complexity index is 528. The highest BCUT2D eigenvalue weighted by atomic mass is 127. The first kappa shape index (κ1) is 20.7. The Hall–Kier alpha value is -1.35. The van der Waals surface area contributed by atoms with Crippen molar-refractivity contribution in [3.63, 3.8) is 0 Å². The first-order chi connectivity index (χ1) is 11.2. The highest BCUT2D eigenvalue weighted by Gasteiger charge is 2.15. The SMILES string of the molecule is CCNC(=O)c1ccc(CNC(=NC)NCC2CCCO2)cc1.I. The Labute approximate surface area is 160 Å². The molecule has 0 spiro atoms. The number of hydrogen-bond donors (Lipinski definition) is 3. The lowest BCUT2D eigenvalue weighted by atomic mass is 10.1. The minimum atomic E-state index is -0.0407. The maximum atomic E-state index is 11.7. The van der Waals surface area contributed by atoms with Gasteiger partial charge in [0.2, 0.25) is 0 Å². The van der Waals surface area contributed by atoms with Crippen LogP contribution in [0.1, 0.15) is 35.7 Å². The number of guanidine groups is 1. The van der Waals surface area contributed by atoms with Crippen LogP contribution in [0.3, 0.4) is 0 Å². The third kappa shape index (κ3) is 6.64. The van der Waals surface area contributed by atoms with Gasteiger partial charge in [-0.1, -0.05) is 12.1 Å². The molecule has 1 saturated heterocycles. The molecule has 0 saturated carbocycles. The number of nitrogens with one attached hydrogen (secondary N) is 3. The van der Waals surface area contributed by atoms with Crippen LogP contribution >= 0.6 is 24.0 Å². The number of ether oxygens (including phenoxy) is 1. The fourth-order valence-corrected chi connectivity index (χ4v) is 2.46. The van der Waals surface area contributed by atoms with Gasteiger partial charge >= 0.3 is 0 Å². The molecule has 3 N–H and O–H groups in total. The molecule has 7 heteroatoms. The van der Waals surface area contributed by atoms with Crippen LogP contribution in [0.5, 0.6) is 0 Å². The van der Waals surface area contributed by atoms with Crippen molar-refractivity contribution in [3.05, 3.63) is 35.4 Å². The van der Waals surface area contributed by atoms with E-state index in [2.05, 4.69) is 20.9 Å². The van der Waals surface area contributed by atoms with Crippen LogP contribution in [0.15, 0.2) is 29.3 Å². The number of benzene rings is 1. The largest absolute Gasteiger partial charge is 0.376 e. The molecule has 1 aromatic carbocycles. The predicted molar refractivity (Wildman–Crippen MR) is 107 cm³/mol. The van der Waals surface area contributed by atoms with Gasteiger partial charge in [0.15, 0.2) is 5.96 Å². The number of hydrogen-bond acceptors (Lipinski definition) is 3. The summed E-state index contributed by atoms with van der Waals surface area (Å²) in [5, 5.41) is 9.33. The van der Waals surface area contributed by atoms with Crippen molar-refractivity contribution in [2.45, 2.75) is 32.4 Å². The van der Waals surface area contributed by atoms with E-state index in [-0.39, 0.29) is 36.0 Å². The fraction of sp³-hybridized carbons (Fsp3) is 0.529. The van der Waals surface area contributed by atoms with Gasteiger partial charge in [0.05, 0.1) is 6.10 Å². The molecule has 0 aliphatic carbocycles. The molecule has 1 fully saturated rings. The molecule has 1 aliphatic rings. The predicted octanol–water partition coefficient (Wildman–Crippen LogP) is 1.90. The van der Waals surface area contributed by atoms with Crippen molar-refractivity contribution in [3.8, 4) is 0 Å². The van der Waals surface area contributed by atoms with Crippen LogP contribution in [0, 0.1) is 0 Å². The summed E-state index contributed by atoms with van der Waals surface area (Å²) in [7, 11) is 1.75. The van der Waals surface area contributed by atoms with E-state index < -0.39 is 0 Å². The Kier molecular flexibility index (Phi) is 9.70. The summed E-state index contributed by atoms with van der Waals surface area (Å²) in [5.41, 5.74) is 1.77. The summed E-state index contributed by atoms with van der Waals surface area (Å²) in [6, 6.07) is 7.57. The van der Waals surface area contributed by atoms with Crippen molar-refractivity contribution in [1.29, 1.82) is 0 Å². The Morgan fingerprint density at radius 1 is 1.25 bits per heavy atom. The minimum absolute atomic E-state index is 0. The lowest BCUT2D eigenvalue weighted by molar-refractivity contribution is 0.0956. The van der Waals surface area contributed by atoms with E-state index in [1.54, 1.807) is 7.05 Å². The molecule has 0 bridgehead atoms. The van der Waals surface area contributed by atoms with Crippen LogP contribution in [-0.2, 0) is 11.3 Å². The van der Waals surface area contributed by atoms with Gasteiger partial charge in [0.25, 0.3) is 5.91 Å². The summed E-state index contributed by atoms with van der Waals surface area (Å²) >= 11 is 0. The third-order valence-electron chi connectivity index (χ3n) is 3.76. The second kappa shape index (κ2) is 11.2. The molecule has 0 aromatic heterocycles. The standard InChI is InChI=1S/C17H26N4O2.HI/c1-3-19-16(22)14-8-6-13(7-9-14)11-20-17(18-2)21-12-15-5-4-10-23-15;/h6-9,15H,3-5,10-12H2,1-2H3,(H,19,22)(H2,18,20,21);1H. The Morgan fingerprint density at radius 3 is 2.58 bits per heavy atom. The van der Waals surface area contributed by atoms with E-state index in [1.165, 1.54) is 0 Å². The molecule has 1 heterocycles. The number of rotatable bonds is 6. The Morgan fingerprint density at radius 2 is 2.00 bits per heavy atom. The number of amides is 1. The number of carbonyl (C=O) groups excluding carboxylic acids is 1. The molecular weight excluding hydrogens is 419 g/mol. The van der Waals surface area contributed by atoms with Gasteiger partial charge in [-0.05, 0) is 37.5 Å². The van der Waals surface area contributed by atoms with E-state index in [1.807, 2.05) is 31.2 Å². The van der Waals surface area contributed by atoms with E-state index in [9.17, 15) is 4.79 Å². The van der Waals surface area contributed by atoms with E-state index >= 15 is 0 Å². The number of nitrogens with zero attached hydrogens (tertiary/aromatic N) is 1. The summed E-state index contributed by atoms with van der Waals surface area (Å²) < 4.78 is 5.58. The molecule has 1 amide bonds. The van der Waals surface area contributed by atoms with Gasteiger partial charge in [0, 0.05) is 38.9 Å². The highest BCUT2D eigenvalue weighted by molar-refractivity contribution is 14.0. The molecule has 2 rings (SSSR count). The quantitative estimate of drug-likeness (QED) is 0.355. The average molecular weight is 446 g/mol. The van der Waals surface area contributed by atoms with Crippen molar-refractivity contribution >= 4 is 35.8 Å². The van der Waals surface area contributed by atoms with Gasteiger partial charge < -0.3 is 20.7 Å². The van der Waals surface area contributed by atoms with Crippen molar-refractivity contribution < 1.29 is 9.53 Å². The first-order valence-electron chi connectivity index (χ1n) is 8.16. The molecule has 134 valence electrons. The summed E-state index contributed by atoms with van der Waals surface area (Å²) in [6.45, 7) is 4.83. The maximum Gasteiger partial charge on any atom is 0.251 e. The van der Waals surface area contributed by atoms with Crippen LogP contribution < -0.4 is 16.0 Å². The average Bonchev–Trinajstić information content (AvgIpc) is 3.09. The zero-order valence-electron chi connectivity index (χ0n) is 14.3. The molecule has 6 nitrogen and oxygen atoms in total. The lowest BCUT2D eigenvalue weighted by Gasteiger charge is -2.15. The topological polar surface area (TPSA) is 74.8 Å². The molecule has 1 atom stereocenters. The van der Waals surface area contributed by atoms with Crippen LogP contribution in [-0.4, -0.2) is 44.7 Å². The van der Waals surface area contributed by atoms with Crippen LogP contribution in [0.2, 0.25) is 0 Å². The monoisotopic (exact) mass is 446 g/mol. The number of aliphatic imine (C=N–C) groups is 1. The summed E-state index contributed by atoms with van der Waals surface area (Å²) in [5.74, 6) is 0.717. The maximum absolute atomic E-state index is 11.7. The first-order valence-corrected chi connectivity index (χ1v) is 8.16. The van der Waals surface area contributed by atoms with Gasteiger partial charge in [-0.25, -0.2) is 0 Å². The highest BCUT2D eigenvalue weighted by Crippen LogP contribution is 2.10. The lowest BCUT2D eigenvalue weighted by Crippen LogP contribution is -2.40. The fourth-order valence-electron chi connectivity index (χ4n) is 2.46. The summed E-state index contributed by atoms with van der Waals surface area (Å²) in [6.07, 6.45) is 2.52. The molecule has 0 radical (unpaired) electrons.